The SMILES string of the molecule is C/C=C/CC/C=C/CC/C=C/C(O)C(COC1OC(CO)C(OC2OC(CO)C(O)C(O)C2O)C(O)C1O)NC(=O)CCCCCCCCCCCCCCCCCC/C=C\C/C=C\C/C=C\C/C=C\C/C=C\C/C=C\C/C=C\C/C=C\CC. The second kappa shape index (κ2) is 53.4. The molecule has 0 radical (unpaired) electrons. The van der Waals surface area contributed by atoms with E-state index in [0.29, 0.717) is 12.8 Å². The minimum atomic E-state index is -1.80. The number of amides is 1. The van der Waals surface area contributed by atoms with Crippen LogP contribution in [-0.4, -0.2) is 140 Å². The standard InChI is InChI=1S/C70H115NO13/c1-3-5-7-9-11-13-14-15-16-17-18-19-20-21-22-23-24-25-26-27-28-29-30-31-32-33-34-35-36-37-38-39-40-41-42-43-44-46-48-50-52-54-62(75)71-58(59(74)53-51-49-47-45-12-10-8-6-4-2)57-81-69-67(80)65(78)68(61(56-73)83-69)84-70-66(79)64(77)63(76)60(55-72)82-70/h4-7,11-13,15-16,18-19,21-22,24-25,27-28,30-31,45,51,53,58-61,63-70,72-74,76-80H,3,8-10,14,17,20,23,26,29,32-44,46-50,52,54-57H2,1-2H3,(H,71,75)/b6-4+,7-5-,13-11-,16-15-,19-18-,22-21-,25-24-,28-27-,31-30-,45-12+,53-51+. The summed E-state index contributed by atoms with van der Waals surface area (Å²) in [7, 11) is 0. The van der Waals surface area contributed by atoms with Gasteiger partial charge in [0, 0.05) is 6.42 Å². The van der Waals surface area contributed by atoms with Crippen molar-refractivity contribution in [1.29, 1.82) is 0 Å². The Bertz CT molecular complexity index is 1920. The third-order valence-corrected chi connectivity index (χ3v) is 14.9. The Balaban J connectivity index is 1.55. The molecule has 9 N–H and O–H groups in total. The maximum atomic E-state index is 13.2. The highest BCUT2D eigenvalue weighted by molar-refractivity contribution is 5.76. The molecule has 1 amide bonds. The van der Waals surface area contributed by atoms with E-state index in [1.165, 1.54) is 83.5 Å². The average molecular weight is 1180 g/mol. The van der Waals surface area contributed by atoms with Gasteiger partial charge in [-0.05, 0) is 103 Å². The van der Waals surface area contributed by atoms with Gasteiger partial charge in [0.1, 0.15) is 48.8 Å². The lowest BCUT2D eigenvalue weighted by Gasteiger charge is -2.46. The number of hydrogen-bond donors (Lipinski definition) is 9. The lowest BCUT2D eigenvalue weighted by Crippen LogP contribution is -2.65. The van der Waals surface area contributed by atoms with Crippen LogP contribution in [0.25, 0.3) is 0 Å². The summed E-state index contributed by atoms with van der Waals surface area (Å²) in [5.74, 6) is -0.261. The van der Waals surface area contributed by atoms with Crippen molar-refractivity contribution < 1.29 is 64.6 Å². The maximum absolute atomic E-state index is 13.2. The molecular formula is C70H115NO13. The Morgan fingerprint density at radius 2 is 0.845 bits per heavy atom. The molecule has 0 aromatic carbocycles. The number of carbonyl (C=O) groups is 1. The summed E-state index contributed by atoms with van der Waals surface area (Å²) < 4.78 is 22.7. The zero-order valence-electron chi connectivity index (χ0n) is 51.6. The number of rotatable bonds is 50. The third kappa shape index (κ3) is 37.6. The van der Waals surface area contributed by atoms with E-state index >= 15 is 0 Å². The van der Waals surface area contributed by atoms with Gasteiger partial charge in [0.2, 0.25) is 5.91 Å². The predicted molar refractivity (Wildman–Crippen MR) is 341 cm³/mol. The molecule has 2 fully saturated rings. The van der Waals surface area contributed by atoms with Crippen LogP contribution in [0.5, 0.6) is 0 Å². The van der Waals surface area contributed by atoms with Crippen molar-refractivity contribution in [2.24, 2.45) is 0 Å². The molecule has 2 rings (SSSR count). The van der Waals surface area contributed by atoms with Gasteiger partial charge in [-0.3, -0.25) is 4.79 Å². The van der Waals surface area contributed by atoms with Gasteiger partial charge in [0.25, 0.3) is 0 Å². The lowest BCUT2D eigenvalue weighted by molar-refractivity contribution is -0.359. The summed E-state index contributed by atoms with van der Waals surface area (Å²) in [6, 6.07) is -0.942. The average Bonchev–Trinajstić information content (AvgIpc) is 2.95. The fraction of sp³-hybridized carbons (Fsp3) is 0.671. The fourth-order valence-electron chi connectivity index (χ4n) is 9.76. The second-order valence-electron chi connectivity index (χ2n) is 22.2. The van der Waals surface area contributed by atoms with E-state index < -0.39 is 86.8 Å². The molecule has 12 unspecified atom stereocenters. The van der Waals surface area contributed by atoms with E-state index in [1.807, 2.05) is 19.1 Å². The lowest BCUT2D eigenvalue weighted by atomic mass is 9.97. The van der Waals surface area contributed by atoms with Crippen LogP contribution >= 0.6 is 0 Å². The molecule has 0 aliphatic carbocycles. The van der Waals surface area contributed by atoms with E-state index in [2.05, 4.69) is 128 Å². The van der Waals surface area contributed by atoms with Gasteiger partial charge in [-0.1, -0.05) is 230 Å². The summed E-state index contributed by atoms with van der Waals surface area (Å²) in [4.78, 5) is 13.2. The van der Waals surface area contributed by atoms with Gasteiger partial charge >= 0.3 is 0 Å². The molecule has 0 aromatic heterocycles. The van der Waals surface area contributed by atoms with Crippen molar-refractivity contribution in [2.45, 2.75) is 280 Å². The zero-order chi connectivity index (χ0) is 60.9. The van der Waals surface area contributed by atoms with E-state index in [-0.39, 0.29) is 18.9 Å². The number of carbonyl (C=O) groups excluding carboxylic acids is 1. The first-order valence-corrected chi connectivity index (χ1v) is 32.4. The Morgan fingerprint density at radius 3 is 1.31 bits per heavy atom. The minimum absolute atomic E-state index is 0.261. The van der Waals surface area contributed by atoms with Crippen molar-refractivity contribution in [3.05, 3.63) is 134 Å². The molecule has 0 bridgehead atoms. The number of allylic oxidation sites excluding steroid dienone is 21. The molecule has 14 nitrogen and oxygen atoms in total. The number of nitrogens with one attached hydrogen (secondary N) is 1. The quantitative estimate of drug-likeness (QED) is 0.0204. The van der Waals surface area contributed by atoms with E-state index in [9.17, 15) is 45.6 Å². The van der Waals surface area contributed by atoms with Gasteiger partial charge in [-0.25, -0.2) is 0 Å². The van der Waals surface area contributed by atoms with Crippen LogP contribution in [0.3, 0.4) is 0 Å². The van der Waals surface area contributed by atoms with Gasteiger partial charge < -0.3 is 65.1 Å². The number of ether oxygens (including phenoxy) is 4. The first kappa shape index (κ1) is 76.2. The highest BCUT2D eigenvalue weighted by atomic mass is 16.7. The highest BCUT2D eigenvalue weighted by Crippen LogP contribution is 2.30. The molecule has 478 valence electrons. The highest BCUT2D eigenvalue weighted by Gasteiger charge is 2.51. The number of unbranched alkanes of at least 4 members (excludes halogenated alkanes) is 18. The predicted octanol–water partition coefficient (Wildman–Crippen LogP) is 12.3. The molecule has 0 spiro atoms. The van der Waals surface area contributed by atoms with Gasteiger partial charge in [0.05, 0.1) is 32.0 Å². The summed E-state index contributed by atoms with van der Waals surface area (Å²) >= 11 is 0. The van der Waals surface area contributed by atoms with Crippen molar-refractivity contribution in [3.8, 4) is 0 Å². The number of hydrogen-bond acceptors (Lipinski definition) is 13. The molecule has 84 heavy (non-hydrogen) atoms. The normalized spacial score (nSPS) is 24.6. The van der Waals surface area contributed by atoms with Crippen molar-refractivity contribution in [3.63, 3.8) is 0 Å². The zero-order valence-corrected chi connectivity index (χ0v) is 51.6. The molecule has 2 aliphatic rings. The molecule has 2 aliphatic heterocycles. The van der Waals surface area contributed by atoms with Crippen molar-refractivity contribution in [1.82, 2.24) is 5.32 Å². The van der Waals surface area contributed by atoms with Crippen molar-refractivity contribution >= 4 is 5.91 Å². The summed E-state index contributed by atoms with van der Waals surface area (Å²) in [6.45, 7) is 2.39. The Kier molecular flexibility index (Phi) is 48.4. The first-order valence-electron chi connectivity index (χ1n) is 32.4. The van der Waals surface area contributed by atoms with E-state index in [0.717, 1.165) is 89.9 Å². The fourth-order valence-corrected chi connectivity index (χ4v) is 9.76. The summed E-state index contributed by atoms with van der Waals surface area (Å²) in [6.07, 6.45) is 62.8. The van der Waals surface area contributed by atoms with Crippen LogP contribution in [0, 0.1) is 0 Å². The van der Waals surface area contributed by atoms with Crippen molar-refractivity contribution in [2.75, 3.05) is 19.8 Å². The van der Waals surface area contributed by atoms with Crippen LogP contribution in [0.15, 0.2) is 134 Å². The molecule has 14 heteroatoms. The molecule has 0 aromatic rings. The topological polar surface area (TPSA) is 228 Å². The Hall–Kier alpha value is -3.87. The molecular weight excluding hydrogens is 1060 g/mol. The largest absolute Gasteiger partial charge is 0.394 e. The smallest absolute Gasteiger partial charge is 0.220 e. The number of aliphatic hydroxyl groups excluding tert-OH is 8. The van der Waals surface area contributed by atoms with E-state index in [1.54, 1.807) is 6.08 Å². The van der Waals surface area contributed by atoms with Crippen LogP contribution in [0.2, 0.25) is 0 Å². The minimum Gasteiger partial charge on any atom is -0.394 e. The van der Waals surface area contributed by atoms with Crippen LogP contribution in [0.1, 0.15) is 206 Å². The van der Waals surface area contributed by atoms with Crippen LogP contribution in [-0.2, 0) is 23.7 Å². The van der Waals surface area contributed by atoms with Crippen LogP contribution < -0.4 is 5.32 Å². The molecule has 2 heterocycles. The summed E-state index contributed by atoms with van der Waals surface area (Å²) in [5, 5.41) is 86.8. The molecule has 2 saturated heterocycles. The monoisotopic (exact) mass is 1180 g/mol. The summed E-state index contributed by atoms with van der Waals surface area (Å²) in [5.41, 5.74) is 0. The van der Waals surface area contributed by atoms with Gasteiger partial charge in [0.15, 0.2) is 12.6 Å². The molecule has 0 saturated carbocycles. The van der Waals surface area contributed by atoms with Crippen LogP contribution in [0.4, 0.5) is 0 Å². The first-order chi connectivity index (χ1) is 41.1. The van der Waals surface area contributed by atoms with Gasteiger partial charge in [-0.15, -0.1) is 0 Å². The van der Waals surface area contributed by atoms with E-state index in [4.69, 9.17) is 18.9 Å². The Morgan fingerprint density at radius 1 is 0.452 bits per heavy atom. The third-order valence-electron chi connectivity index (χ3n) is 14.9. The molecule has 12 atom stereocenters. The Labute approximate surface area is 507 Å². The second-order valence-corrected chi connectivity index (χ2v) is 22.2. The van der Waals surface area contributed by atoms with Gasteiger partial charge in [-0.2, -0.15) is 0 Å². The maximum Gasteiger partial charge on any atom is 0.220 e. The number of aliphatic hydroxyl groups is 8.